The summed E-state index contributed by atoms with van der Waals surface area (Å²) in [7, 11) is 0. The van der Waals surface area contributed by atoms with Crippen molar-refractivity contribution in [1.82, 2.24) is 4.90 Å². The quantitative estimate of drug-likeness (QED) is 0.892. The van der Waals surface area contributed by atoms with Crippen LogP contribution in [0.2, 0.25) is 0 Å². The van der Waals surface area contributed by atoms with Gasteiger partial charge in [0.1, 0.15) is 0 Å². The number of carbonyl (C=O) groups is 2. The van der Waals surface area contributed by atoms with Crippen molar-refractivity contribution in [3.8, 4) is 0 Å². The number of piperidine rings is 1. The third kappa shape index (κ3) is 3.15. The molecule has 1 aromatic carbocycles. The molecule has 1 N–H and O–H groups in total. The molecule has 2 atom stereocenters. The van der Waals surface area contributed by atoms with E-state index in [4.69, 9.17) is 0 Å². The van der Waals surface area contributed by atoms with Gasteiger partial charge in [0, 0.05) is 19.0 Å². The van der Waals surface area contributed by atoms with Crippen LogP contribution in [0, 0.1) is 17.8 Å². The van der Waals surface area contributed by atoms with Crippen LogP contribution in [0.4, 0.5) is 0 Å². The van der Waals surface area contributed by atoms with Crippen LogP contribution < -0.4 is 0 Å². The molecular formula is C22H29NO3. The highest BCUT2D eigenvalue weighted by atomic mass is 16.4. The molecule has 140 valence electrons. The molecule has 1 aromatic rings. The summed E-state index contributed by atoms with van der Waals surface area (Å²) in [6, 6.07) is 9.53. The average Bonchev–Trinajstić information content (AvgIpc) is 3.49. The smallest absolute Gasteiger partial charge is 0.314 e. The molecule has 1 amide bonds. The number of carboxylic acids is 1. The summed E-state index contributed by atoms with van der Waals surface area (Å²) >= 11 is 0. The van der Waals surface area contributed by atoms with E-state index in [-0.39, 0.29) is 11.8 Å². The molecule has 4 nitrogen and oxygen atoms in total. The molecule has 2 unspecified atom stereocenters. The predicted octanol–water partition coefficient (Wildman–Crippen LogP) is 3.85. The molecule has 0 radical (unpaired) electrons. The molecule has 3 aliphatic rings. The van der Waals surface area contributed by atoms with E-state index in [0.717, 1.165) is 17.9 Å². The number of amides is 1. The van der Waals surface area contributed by atoms with Crippen LogP contribution >= 0.6 is 0 Å². The van der Waals surface area contributed by atoms with Gasteiger partial charge in [-0.15, -0.1) is 0 Å². The van der Waals surface area contributed by atoms with Crippen molar-refractivity contribution in [3.63, 3.8) is 0 Å². The number of hydrogen-bond donors (Lipinski definition) is 1. The standard InChI is InChI=1S/C22H29NO3/c24-20(19-15-18(19)16-7-3-1-4-8-16)23-13-11-22(12-14-23,21(25)26)17-9-5-2-6-10-17/h2,5-6,9-10,16,18-19H,1,3-4,7-8,11-15H2,(H,25,26). The van der Waals surface area contributed by atoms with Gasteiger partial charge in [-0.3, -0.25) is 9.59 Å². The molecular weight excluding hydrogens is 326 g/mol. The second-order valence-electron chi connectivity index (χ2n) is 8.48. The monoisotopic (exact) mass is 355 g/mol. The van der Waals surface area contributed by atoms with Crippen LogP contribution in [0.25, 0.3) is 0 Å². The van der Waals surface area contributed by atoms with Crippen molar-refractivity contribution in [2.24, 2.45) is 17.8 Å². The Morgan fingerprint density at radius 3 is 2.27 bits per heavy atom. The van der Waals surface area contributed by atoms with Crippen LogP contribution in [0.1, 0.15) is 56.9 Å². The van der Waals surface area contributed by atoms with Crippen molar-refractivity contribution in [1.29, 1.82) is 0 Å². The Hall–Kier alpha value is -1.84. The van der Waals surface area contributed by atoms with Gasteiger partial charge in [0.2, 0.25) is 5.91 Å². The summed E-state index contributed by atoms with van der Waals surface area (Å²) in [4.78, 5) is 26.9. The van der Waals surface area contributed by atoms with E-state index in [2.05, 4.69) is 0 Å². The molecule has 0 aromatic heterocycles. The first-order valence-electron chi connectivity index (χ1n) is 10.2. The molecule has 26 heavy (non-hydrogen) atoms. The fourth-order valence-electron chi connectivity index (χ4n) is 5.31. The van der Waals surface area contributed by atoms with Crippen LogP contribution in [0.3, 0.4) is 0 Å². The molecule has 2 saturated carbocycles. The molecule has 4 rings (SSSR count). The first-order chi connectivity index (χ1) is 12.6. The Labute approximate surface area is 155 Å². The topological polar surface area (TPSA) is 57.6 Å². The van der Waals surface area contributed by atoms with Crippen LogP contribution in [-0.2, 0) is 15.0 Å². The molecule has 1 saturated heterocycles. The predicted molar refractivity (Wildman–Crippen MR) is 99.7 cm³/mol. The molecule has 2 aliphatic carbocycles. The highest BCUT2D eigenvalue weighted by molar-refractivity contribution is 5.84. The van der Waals surface area contributed by atoms with Crippen LogP contribution in [0.15, 0.2) is 30.3 Å². The number of likely N-dealkylation sites (tertiary alicyclic amines) is 1. The van der Waals surface area contributed by atoms with E-state index in [1.807, 2.05) is 35.2 Å². The number of rotatable bonds is 4. The summed E-state index contributed by atoms with van der Waals surface area (Å²) in [6.07, 6.45) is 8.68. The lowest BCUT2D eigenvalue weighted by atomic mass is 9.72. The fourth-order valence-corrected chi connectivity index (χ4v) is 5.31. The lowest BCUT2D eigenvalue weighted by Crippen LogP contribution is -2.49. The Morgan fingerprint density at radius 1 is 1.00 bits per heavy atom. The van der Waals surface area contributed by atoms with E-state index in [9.17, 15) is 14.7 Å². The zero-order chi connectivity index (χ0) is 18.1. The minimum Gasteiger partial charge on any atom is -0.481 e. The highest BCUT2D eigenvalue weighted by Gasteiger charge is 2.51. The SMILES string of the molecule is O=C(C1CC1C1CCCCC1)N1CCC(C(=O)O)(c2ccccc2)CC1. The summed E-state index contributed by atoms with van der Waals surface area (Å²) < 4.78 is 0. The molecule has 3 fully saturated rings. The van der Waals surface area contributed by atoms with Gasteiger partial charge < -0.3 is 10.0 Å². The van der Waals surface area contributed by atoms with Crippen LogP contribution in [0.5, 0.6) is 0 Å². The number of hydrogen-bond acceptors (Lipinski definition) is 2. The second-order valence-corrected chi connectivity index (χ2v) is 8.48. The van der Waals surface area contributed by atoms with Crippen molar-refractivity contribution in [3.05, 3.63) is 35.9 Å². The third-order valence-corrected chi connectivity index (χ3v) is 7.08. The fraction of sp³-hybridized carbons (Fsp3) is 0.636. The van der Waals surface area contributed by atoms with Gasteiger partial charge in [0.05, 0.1) is 5.41 Å². The van der Waals surface area contributed by atoms with E-state index in [1.165, 1.54) is 32.1 Å². The first-order valence-corrected chi connectivity index (χ1v) is 10.2. The average molecular weight is 355 g/mol. The lowest BCUT2D eigenvalue weighted by molar-refractivity contribution is -0.148. The summed E-state index contributed by atoms with van der Waals surface area (Å²) in [6.45, 7) is 1.13. The normalized spacial score (nSPS) is 28.5. The van der Waals surface area contributed by atoms with Gasteiger partial charge in [-0.25, -0.2) is 0 Å². The minimum absolute atomic E-state index is 0.215. The third-order valence-electron chi connectivity index (χ3n) is 7.08. The van der Waals surface area contributed by atoms with Crippen LogP contribution in [-0.4, -0.2) is 35.0 Å². The summed E-state index contributed by atoms with van der Waals surface area (Å²) in [5.74, 6) is 1.09. The van der Waals surface area contributed by atoms with Crippen molar-refractivity contribution >= 4 is 11.9 Å². The Kier molecular flexibility index (Phi) is 4.76. The summed E-state index contributed by atoms with van der Waals surface area (Å²) in [5.41, 5.74) is 0.0239. The number of nitrogens with zero attached hydrogens (tertiary/aromatic N) is 1. The van der Waals surface area contributed by atoms with Gasteiger partial charge in [0.25, 0.3) is 0 Å². The molecule has 1 aliphatic heterocycles. The number of benzene rings is 1. The van der Waals surface area contributed by atoms with Crippen molar-refractivity contribution < 1.29 is 14.7 Å². The zero-order valence-corrected chi connectivity index (χ0v) is 15.4. The van der Waals surface area contributed by atoms with E-state index < -0.39 is 11.4 Å². The first kappa shape index (κ1) is 17.6. The van der Waals surface area contributed by atoms with Gasteiger partial charge in [-0.1, -0.05) is 62.4 Å². The van der Waals surface area contributed by atoms with E-state index >= 15 is 0 Å². The van der Waals surface area contributed by atoms with Crippen molar-refractivity contribution in [2.75, 3.05) is 13.1 Å². The molecule has 1 heterocycles. The van der Waals surface area contributed by atoms with E-state index in [0.29, 0.717) is 31.8 Å². The van der Waals surface area contributed by atoms with Gasteiger partial charge in [-0.05, 0) is 36.7 Å². The lowest BCUT2D eigenvalue weighted by Gasteiger charge is -2.39. The number of carboxylic acid groups (broad SMARTS) is 1. The molecule has 0 bridgehead atoms. The zero-order valence-electron chi connectivity index (χ0n) is 15.4. The Balaban J connectivity index is 1.38. The molecule has 4 heteroatoms. The maximum atomic E-state index is 12.9. The van der Waals surface area contributed by atoms with Crippen molar-refractivity contribution in [2.45, 2.75) is 56.8 Å². The Bertz CT molecular complexity index is 657. The summed E-state index contributed by atoms with van der Waals surface area (Å²) in [5, 5.41) is 9.90. The minimum atomic E-state index is -0.843. The highest BCUT2D eigenvalue weighted by Crippen LogP contribution is 2.50. The maximum Gasteiger partial charge on any atom is 0.314 e. The molecule has 0 spiro atoms. The van der Waals surface area contributed by atoms with Gasteiger partial charge >= 0.3 is 5.97 Å². The number of aliphatic carboxylic acids is 1. The largest absolute Gasteiger partial charge is 0.481 e. The maximum absolute atomic E-state index is 12.9. The van der Waals surface area contributed by atoms with Gasteiger partial charge in [0.15, 0.2) is 0 Å². The van der Waals surface area contributed by atoms with Gasteiger partial charge in [-0.2, -0.15) is 0 Å². The van der Waals surface area contributed by atoms with E-state index in [1.54, 1.807) is 0 Å². The number of carbonyl (C=O) groups excluding carboxylic acids is 1. The Morgan fingerprint density at radius 2 is 1.65 bits per heavy atom. The second kappa shape index (κ2) is 7.05.